The first-order valence-electron chi connectivity index (χ1n) is 6.23. The fraction of sp³-hybridized carbons (Fsp3) is 0.231. The third-order valence-corrected chi connectivity index (χ3v) is 3.28. The summed E-state index contributed by atoms with van der Waals surface area (Å²) in [6, 6.07) is 7.71. The summed E-state index contributed by atoms with van der Waals surface area (Å²) in [6.45, 7) is 0.775. The Hall–Kier alpha value is -2.54. The minimum absolute atomic E-state index is 0.199. The van der Waals surface area contributed by atoms with Gasteiger partial charge in [-0.05, 0) is 11.1 Å². The topological polar surface area (TPSA) is 91.6 Å². The average Bonchev–Trinajstić information content (AvgIpc) is 2.85. The van der Waals surface area contributed by atoms with Crippen molar-refractivity contribution in [2.24, 2.45) is 12.8 Å². The van der Waals surface area contributed by atoms with Crippen molar-refractivity contribution in [3.8, 4) is 0 Å². The number of aromatic nitrogens is 5. The lowest BCUT2D eigenvalue weighted by Gasteiger charge is -2.08. The second kappa shape index (κ2) is 4.86. The van der Waals surface area contributed by atoms with Crippen LogP contribution >= 0.6 is 0 Å². The maximum absolute atomic E-state index is 12.3. The number of rotatable bonds is 3. The number of benzene rings is 1. The van der Waals surface area contributed by atoms with E-state index in [1.807, 2.05) is 24.3 Å². The summed E-state index contributed by atoms with van der Waals surface area (Å²) in [4.78, 5) is 12.3. The van der Waals surface area contributed by atoms with Gasteiger partial charge in [0.2, 0.25) is 0 Å². The summed E-state index contributed by atoms with van der Waals surface area (Å²) in [7, 11) is 1.73. The van der Waals surface area contributed by atoms with Gasteiger partial charge in [0.15, 0.2) is 5.65 Å². The Morgan fingerprint density at radius 3 is 2.75 bits per heavy atom. The first-order chi connectivity index (χ1) is 9.70. The summed E-state index contributed by atoms with van der Waals surface area (Å²) >= 11 is 0. The minimum Gasteiger partial charge on any atom is -0.326 e. The lowest BCUT2D eigenvalue weighted by Crippen LogP contribution is -2.25. The molecular weight excluding hydrogens is 256 g/mol. The highest BCUT2D eigenvalue weighted by Gasteiger charge is 2.10. The highest BCUT2D eigenvalue weighted by atomic mass is 16.1. The first kappa shape index (κ1) is 12.5. The van der Waals surface area contributed by atoms with Gasteiger partial charge in [-0.15, -0.1) is 5.10 Å². The van der Waals surface area contributed by atoms with Crippen LogP contribution in [0.15, 0.2) is 35.3 Å². The van der Waals surface area contributed by atoms with E-state index < -0.39 is 0 Å². The molecule has 0 aliphatic carbocycles. The molecule has 0 fully saturated rings. The number of aryl methyl sites for hydroxylation is 1. The van der Waals surface area contributed by atoms with Crippen LogP contribution in [0.1, 0.15) is 11.1 Å². The van der Waals surface area contributed by atoms with Crippen molar-refractivity contribution in [3.63, 3.8) is 0 Å². The summed E-state index contributed by atoms with van der Waals surface area (Å²) in [5, 5.41) is 12.5. The average molecular weight is 270 g/mol. The molecule has 20 heavy (non-hydrogen) atoms. The fourth-order valence-electron chi connectivity index (χ4n) is 2.15. The molecule has 2 aromatic heterocycles. The van der Waals surface area contributed by atoms with Gasteiger partial charge in [0.05, 0.1) is 12.7 Å². The van der Waals surface area contributed by atoms with Gasteiger partial charge in [0.25, 0.3) is 5.56 Å². The number of nitrogens with two attached hydrogens (primary N) is 1. The van der Waals surface area contributed by atoms with Gasteiger partial charge in [0.1, 0.15) is 5.39 Å². The molecule has 0 unspecified atom stereocenters. The Kier molecular flexibility index (Phi) is 3.03. The smallest absolute Gasteiger partial charge is 0.281 e. The van der Waals surface area contributed by atoms with Crippen molar-refractivity contribution in [1.29, 1.82) is 0 Å². The maximum atomic E-state index is 12.3. The lowest BCUT2D eigenvalue weighted by molar-refractivity contribution is 0.592. The molecule has 7 heteroatoms. The molecule has 0 saturated carbocycles. The zero-order valence-corrected chi connectivity index (χ0v) is 11.0. The predicted molar refractivity (Wildman–Crippen MR) is 74.0 cm³/mol. The van der Waals surface area contributed by atoms with E-state index in [0.29, 0.717) is 24.1 Å². The SMILES string of the molecule is Cn1ncc2c(=O)n(Cc3ccccc3CN)nnc21. The van der Waals surface area contributed by atoms with E-state index in [2.05, 4.69) is 15.4 Å². The molecule has 102 valence electrons. The Balaban J connectivity index is 2.07. The van der Waals surface area contributed by atoms with Crippen LogP contribution < -0.4 is 11.3 Å². The summed E-state index contributed by atoms with van der Waals surface area (Å²) in [6.07, 6.45) is 1.51. The molecule has 7 nitrogen and oxygen atoms in total. The molecule has 0 aliphatic heterocycles. The van der Waals surface area contributed by atoms with E-state index in [0.717, 1.165) is 11.1 Å². The Morgan fingerprint density at radius 2 is 2.00 bits per heavy atom. The molecule has 2 N–H and O–H groups in total. The van der Waals surface area contributed by atoms with Gasteiger partial charge in [-0.1, -0.05) is 29.5 Å². The quantitative estimate of drug-likeness (QED) is 0.725. The van der Waals surface area contributed by atoms with Crippen LogP contribution in [0.3, 0.4) is 0 Å². The van der Waals surface area contributed by atoms with Gasteiger partial charge >= 0.3 is 0 Å². The standard InChI is InChI=1S/C13H14N6O/c1-18-12-11(7-15-18)13(20)19(17-16-12)8-10-5-3-2-4-9(10)6-14/h2-5,7H,6,8,14H2,1H3. The van der Waals surface area contributed by atoms with Crippen LogP contribution in [0, 0.1) is 0 Å². The number of hydrogen-bond donors (Lipinski definition) is 1. The molecule has 2 heterocycles. The predicted octanol–water partition coefficient (Wildman–Crippen LogP) is 0.0320. The molecule has 0 saturated heterocycles. The highest BCUT2D eigenvalue weighted by Crippen LogP contribution is 2.09. The Morgan fingerprint density at radius 1 is 1.25 bits per heavy atom. The fourth-order valence-corrected chi connectivity index (χ4v) is 2.15. The normalized spacial score (nSPS) is 11.1. The van der Waals surface area contributed by atoms with Crippen LogP contribution in [0.4, 0.5) is 0 Å². The number of hydrogen-bond acceptors (Lipinski definition) is 5. The summed E-state index contributed by atoms with van der Waals surface area (Å²) in [5.74, 6) is 0. The van der Waals surface area contributed by atoms with Crippen LogP contribution in [-0.4, -0.2) is 24.8 Å². The van der Waals surface area contributed by atoms with Crippen molar-refractivity contribution in [1.82, 2.24) is 24.8 Å². The maximum Gasteiger partial charge on any atom is 0.281 e. The molecule has 3 aromatic rings. The zero-order chi connectivity index (χ0) is 14.1. The second-order valence-corrected chi connectivity index (χ2v) is 4.53. The lowest BCUT2D eigenvalue weighted by atomic mass is 10.1. The third kappa shape index (κ3) is 1.97. The van der Waals surface area contributed by atoms with Crippen molar-refractivity contribution in [3.05, 3.63) is 51.9 Å². The molecule has 0 atom stereocenters. The zero-order valence-electron chi connectivity index (χ0n) is 11.0. The number of fused-ring (bicyclic) bond motifs is 1. The Bertz CT molecular complexity index is 819. The molecule has 0 amide bonds. The molecule has 3 rings (SSSR count). The van der Waals surface area contributed by atoms with Gasteiger partial charge < -0.3 is 5.73 Å². The van der Waals surface area contributed by atoms with Gasteiger partial charge in [-0.2, -0.15) is 5.10 Å². The van der Waals surface area contributed by atoms with E-state index in [4.69, 9.17) is 5.73 Å². The molecule has 1 aromatic carbocycles. The monoisotopic (exact) mass is 270 g/mol. The van der Waals surface area contributed by atoms with E-state index in [-0.39, 0.29) is 5.56 Å². The third-order valence-electron chi connectivity index (χ3n) is 3.28. The van der Waals surface area contributed by atoms with Crippen molar-refractivity contribution < 1.29 is 0 Å². The van der Waals surface area contributed by atoms with Crippen LogP contribution in [0.25, 0.3) is 11.0 Å². The van der Waals surface area contributed by atoms with Crippen LogP contribution in [0.5, 0.6) is 0 Å². The Labute approximate surface area is 114 Å². The van der Waals surface area contributed by atoms with Crippen LogP contribution in [-0.2, 0) is 20.1 Å². The molecule has 0 bridgehead atoms. The van der Waals surface area contributed by atoms with Crippen molar-refractivity contribution in [2.75, 3.05) is 0 Å². The van der Waals surface area contributed by atoms with E-state index in [9.17, 15) is 4.79 Å². The molecular formula is C13H14N6O. The molecule has 0 spiro atoms. The van der Waals surface area contributed by atoms with Crippen molar-refractivity contribution in [2.45, 2.75) is 13.1 Å². The summed E-state index contributed by atoms with van der Waals surface area (Å²) in [5.41, 5.74) is 7.95. The van der Waals surface area contributed by atoms with Gasteiger partial charge in [-0.3, -0.25) is 4.79 Å². The van der Waals surface area contributed by atoms with Gasteiger partial charge in [0, 0.05) is 13.6 Å². The van der Waals surface area contributed by atoms with E-state index in [1.54, 1.807) is 7.05 Å². The molecule has 0 aliphatic rings. The first-order valence-corrected chi connectivity index (χ1v) is 6.23. The van der Waals surface area contributed by atoms with Crippen LogP contribution in [0.2, 0.25) is 0 Å². The molecule has 0 radical (unpaired) electrons. The van der Waals surface area contributed by atoms with Crippen molar-refractivity contribution >= 4 is 11.0 Å². The van der Waals surface area contributed by atoms with E-state index in [1.165, 1.54) is 15.6 Å². The number of nitrogens with zero attached hydrogens (tertiary/aromatic N) is 5. The van der Waals surface area contributed by atoms with Gasteiger partial charge in [-0.25, -0.2) is 9.36 Å². The minimum atomic E-state index is -0.199. The summed E-state index contributed by atoms with van der Waals surface area (Å²) < 4.78 is 2.86. The highest BCUT2D eigenvalue weighted by molar-refractivity contribution is 5.72. The largest absolute Gasteiger partial charge is 0.326 e. The second-order valence-electron chi connectivity index (χ2n) is 4.53. The van der Waals surface area contributed by atoms with E-state index >= 15 is 0 Å².